The maximum absolute atomic E-state index is 13.3. The zero-order valence-electron chi connectivity index (χ0n) is 24.2. The molecule has 1 aromatic heterocycles. The summed E-state index contributed by atoms with van der Waals surface area (Å²) in [4.78, 5) is 77.2. The van der Waals surface area contributed by atoms with E-state index in [2.05, 4.69) is 20.9 Å². The summed E-state index contributed by atoms with van der Waals surface area (Å²) in [5.74, 6) is -6.10. The summed E-state index contributed by atoms with van der Waals surface area (Å²) in [5, 5.41) is 36.4. The standard InChI is InChI=1S/C30H36N6O9/c31-20(14-17-15-33-21-4-2-1-3-19(17)21)27(41)34-22(9-11-25(32)38)28(42)35-23(10-12-26(39)40)29(43)36-24(30(44)45)13-16-5-7-18(37)8-6-16/h1-8,15,20,22-24,33,37H,9-14,31H2,(H2,32,38)(H,34,41)(H,35,42)(H,36,43)(H,39,40)(H,44,45). The molecule has 45 heavy (non-hydrogen) atoms. The molecule has 15 heteroatoms. The van der Waals surface area contributed by atoms with Crippen molar-refractivity contribution >= 4 is 46.5 Å². The van der Waals surface area contributed by atoms with Crippen molar-refractivity contribution in [1.29, 1.82) is 0 Å². The number of phenolic OH excluding ortho intramolecular Hbond substituents is 1. The van der Waals surface area contributed by atoms with Gasteiger partial charge in [0.1, 0.15) is 23.9 Å². The molecule has 0 saturated heterocycles. The lowest BCUT2D eigenvalue weighted by atomic mass is 10.0. The first-order valence-corrected chi connectivity index (χ1v) is 14.1. The van der Waals surface area contributed by atoms with Crippen LogP contribution in [0.15, 0.2) is 54.7 Å². The van der Waals surface area contributed by atoms with Crippen LogP contribution in [0.5, 0.6) is 5.75 Å². The van der Waals surface area contributed by atoms with Crippen LogP contribution in [0.1, 0.15) is 36.8 Å². The van der Waals surface area contributed by atoms with Crippen LogP contribution in [0, 0.1) is 0 Å². The van der Waals surface area contributed by atoms with Crippen molar-refractivity contribution in [2.75, 3.05) is 0 Å². The maximum Gasteiger partial charge on any atom is 0.326 e. The Morgan fingerprint density at radius 3 is 1.93 bits per heavy atom. The third-order valence-corrected chi connectivity index (χ3v) is 7.03. The average Bonchev–Trinajstić information content (AvgIpc) is 3.40. The predicted molar refractivity (Wildman–Crippen MR) is 161 cm³/mol. The quantitative estimate of drug-likeness (QED) is 0.0942. The molecule has 2 aromatic carbocycles. The topological polar surface area (TPSA) is 267 Å². The van der Waals surface area contributed by atoms with Crippen LogP contribution in [0.4, 0.5) is 0 Å². The minimum absolute atomic E-state index is 0.0389. The fourth-order valence-electron chi connectivity index (χ4n) is 4.61. The zero-order valence-corrected chi connectivity index (χ0v) is 24.2. The molecule has 0 aliphatic heterocycles. The lowest BCUT2D eigenvalue weighted by Crippen LogP contribution is -2.57. The molecule has 11 N–H and O–H groups in total. The van der Waals surface area contributed by atoms with Crippen LogP contribution in [-0.4, -0.2) is 80.0 Å². The number of phenols is 1. The van der Waals surface area contributed by atoms with E-state index in [9.17, 15) is 44.1 Å². The molecule has 0 saturated carbocycles. The van der Waals surface area contributed by atoms with Crippen molar-refractivity contribution in [3.63, 3.8) is 0 Å². The van der Waals surface area contributed by atoms with Gasteiger partial charge in [-0.2, -0.15) is 0 Å². The van der Waals surface area contributed by atoms with Crippen LogP contribution in [0.3, 0.4) is 0 Å². The highest BCUT2D eigenvalue weighted by molar-refractivity contribution is 5.95. The second-order valence-corrected chi connectivity index (χ2v) is 10.5. The van der Waals surface area contributed by atoms with Gasteiger partial charge in [0, 0.05) is 36.4 Å². The number of nitrogens with two attached hydrogens (primary N) is 2. The number of aliphatic carboxylic acids is 2. The van der Waals surface area contributed by atoms with E-state index < -0.39 is 72.6 Å². The van der Waals surface area contributed by atoms with Crippen molar-refractivity contribution in [1.82, 2.24) is 20.9 Å². The molecule has 4 amide bonds. The Balaban J connectivity index is 1.73. The van der Waals surface area contributed by atoms with Gasteiger partial charge in [-0.3, -0.25) is 24.0 Å². The van der Waals surface area contributed by atoms with Gasteiger partial charge in [0.2, 0.25) is 23.6 Å². The van der Waals surface area contributed by atoms with E-state index in [1.54, 1.807) is 6.20 Å². The number of rotatable bonds is 17. The van der Waals surface area contributed by atoms with Gasteiger partial charge in [-0.25, -0.2) is 4.79 Å². The second-order valence-electron chi connectivity index (χ2n) is 10.5. The Morgan fingerprint density at radius 1 is 0.756 bits per heavy atom. The summed E-state index contributed by atoms with van der Waals surface area (Å²) in [6.07, 6.45) is 0.131. The molecule has 4 unspecified atom stereocenters. The summed E-state index contributed by atoms with van der Waals surface area (Å²) in [5.41, 5.74) is 13.5. The van der Waals surface area contributed by atoms with Crippen LogP contribution in [0.2, 0.25) is 0 Å². The highest BCUT2D eigenvalue weighted by atomic mass is 16.4. The van der Waals surface area contributed by atoms with Crippen molar-refractivity contribution in [3.05, 3.63) is 65.9 Å². The molecule has 240 valence electrons. The van der Waals surface area contributed by atoms with Crippen molar-refractivity contribution in [3.8, 4) is 5.75 Å². The summed E-state index contributed by atoms with van der Waals surface area (Å²) >= 11 is 0. The number of aromatic hydroxyl groups is 1. The Hall–Kier alpha value is -5.44. The van der Waals surface area contributed by atoms with Gasteiger partial charge in [0.25, 0.3) is 0 Å². The number of aromatic amines is 1. The molecule has 15 nitrogen and oxygen atoms in total. The van der Waals surface area contributed by atoms with Gasteiger partial charge in [-0.15, -0.1) is 0 Å². The van der Waals surface area contributed by atoms with Gasteiger partial charge in [-0.05, 0) is 48.6 Å². The number of carbonyl (C=O) groups is 6. The van der Waals surface area contributed by atoms with E-state index in [1.165, 1.54) is 24.3 Å². The first-order valence-electron chi connectivity index (χ1n) is 14.1. The normalized spacial score (nSPS) is 13.6. The van der Waals surface area contributed by atoms with E-state index in [4.69, 9.17) is 11.5 Å². The van der Waals surface area contributed by atoms with Gasteiger partial charge < -0.3 is 47.7 Å². The molecule has 4 atom stereocenters. The van der Waals surface area contributed by atoms with E-state index in [0.717, 1.165) is 16.5 Å². The lowest BCUT2D eigenvalue weighted by Gasteiger charge is -2.25. The number of amides is 4. The third kappa shape index (κ3) is 10.4. The van der Waals surface area contributed by atoms with Crippen molar-refractivity contribution in [2.45, 2.75) is 62.7 Å². The highest BCUT2D eigenvalue weighted by Gasteiger charge is 2.31. The van der Waals surface area contributed by atoms with E-state index in [1.807, 2.05) is 24.3 Å². The predicted octanol–water partition coefficient (Wildman–Crippen LogP) is -0.345. The lowest BCUT2D eigenvalue weighted by molar-refractivity contribution is -0.143. The number of primary amides is 1. The summed E-state index contributed by atoms with van der Waals surface area (Å²) in [6, 6.07) is 7.57. The zero-order chi connectivity index (χ0) is 33.1. The molecule has 3 aromatic rings. The Morgan fingerprint density at radius 2 is 1.33 bits per heavy atom. The fourth-order valence-corrected chi connectivity index (χ4v) is 4.61. The van der Waals surface area contributed by atoms with Crippen molar-refractivity contribution < 1.29 is 44.1 Å². The van der Waals surface area contributed by atoms with Crippen LogP contribution in [0.25, 0.3) is 10.9 Å². The first-order chi connectivity index (χ1) is 21.3. The fraction of sp³-hybridized carbons (Fsp3) is 0.333. The number of benzene rings is 2. The summed E-state index contributed by atoms with van der Waals surface area (Å²) in [7, 11) is 0. The number of aromatic nitrogens is 1. The monoisotopic (exact) mass is 624 g/mol. The van der Waals surface area contributed by atoms with Crippen LogP contribution in [-0.2, 0) is 41.6 Å². The molecule has 0 spiro atoms. The van der Waals surface area contributed by atoms with Crippen LogP contribution >= 0.6 is 0 Å². The number of carboxylic acid groups (broad SMARTS) is 2. The smallest absolute Gasteiger partial charge is 0.326 e. The molecule has 0 aliphatic rings. The minimum Gasteiger partial charge on any atom is -0.508 e. The third-order valence-electron chi connectivity index (χ3n) is 7.03. The Labute approximate surface area is 257 Å². The number of H-pyrrole nitrogens is 1. The summed E-state index contributed by atoms with van der Waals surface area (Å²) < 4.78 is 0. The second kappa shape index (κ2) is 15.9. The molecule has 0 radical (unpaired) electrons. The largest absolute Gasteiger partial charge is 0.508 e. The number of hydrogen-bond acceptors (Lipinski definition) is 8. The van der Waals surface area contributed by atoms with E-state index in [0.29, 0.717) is 5.56 Å². The van der Waals surface area contributed by atoms with E-state index >= 15 is 0 Å². The molecule has 3 rings (SSSR count). The van der Waals surface area contributed by atoms with Crippen LogP contribution < -0.4 is 27.4 Å². The Kier molecular flexibility index (Phi) is 12.0. The number of carboxylic acids is 2. The number of carbonyl (C=O) groups excluding carboxylic acids is 4. The van der Waals surface area contributed by atoms with E-state index in [-0.39, 0.29) is 31.4 Å². The molecule has 0 bridgehead atoms. The van der Waals surface area contributed by atoms with Gasteiger partial charge in [-0.1, -0.05) is 30.3 Å². The number of nitrogens with one attached hydrogen (secondary N) is 4. The van der Waals surface area contributed by atoms with Crippen molar-refractivity contribution in [2.24, 2.45) is 11.5 Å². The highest BCUT2D eigenvalue weighted by Crippen LogP contribution is 2.19. The molecular formula is C30H36N6O9. The number of para-hydroxylation sites is 1. The van der Waals surface area contributed by atoms with Gasteiger partial charge in [0.05, 0.1) is 6.04 Å². The molecule has 0 fully saturated rings. The molecule has 0 aliphatic carbocycles. The average molecular weight is 625 g/mol. The van der Waals surface area contributed by atoms with Gasteiger partial charge >= 0.3 is 11.9 Å². The SMILES string of the molecule is NC(=O)CCC(NC(=O)C(N)Cc1c[nH]c2ccccc12)C(=O)NC(CCC(=O)O)C(=O)NC(Cc1ccc(O)cc1)C(=O)O. The number of fused-ring (bicyclic) bond motifs is 1. The number of hydrogen-bond donors (Lipinski definition) is 9. The first kappa shape index (κ1) is 34.1. The molecular weight excluding hydrogens is 588 g/mol. The maximum atomic E-state index is 13.3. The molecule has 1 heterocycles. The van der Waals surface area contributed by atoms with Gasteiger partial charge in [0.15, 0.2) is 0 Å². The Bertz CT molecular complexity index is 1540. The minimum atomic E-state index is -1.51. The summed E-state index contributed by atoms with van der Waals surface area (Å²) in [6.45, 7) is 0.